The van der Waals surface area contributed by atoms with E-state index in [2.05, 4.69) is 10.1 Å². The molecule has 8 heteroatoms. The van der Waals surface area contributed by atoms with Crippen molar-refractivity contribution in [1.29, 1.82) is 0 Å². The van der Waals surface area contributed by atoms with Crippen LogP contribution in [-0.2, 0) is 19.2 Å². The molecular weight excluding hydrogens is 306 g/mol. The molecule has 0 aliphatic rings. The van der Waals surface area contributed by atoms with E-state index in [0.29, 0.717) is 10.8 Å². The summed E-state index contributed by atoms with van der Waals surface area (Å²) in [5, 5.41) is 5.70. The van der Waals surface area contributed by atoms with Crippen molar-refractivity contribution in [3.05, 3.63) is 11.1 Å². The van der Waals surface area contributed by atoms with Crippen LogP contribution in [-0.4, -0.2) is 33.7 Å². The van der Waals surface area contributed by atoms with E-state index in [1.54, 1.807) is 26.2 Å². The van der Waals surface area contributed by atoms with Gasteiger partial charge in [0, 0.05) is 12.3 Å². The minimum Gasteiger partial charge on any atom is -0.457 e. The summed E-state index contributed by atoms with van der Waals surface area (Å²) in [5.74, 6) is -0.922. The van der Waals surface area contributed by atoms with E-state index in [1.165, 1.54) is 32.1 Å². The second kappa shape index (κ2) is 6.43. The van der Waals surface area contributed by atoms with Crippen molar-refractivity contribution in [2.75, 3.05) is 5.73 Å². The van der Waals surface area contributed by atoms with Crippen molar-refractivity contribution >= 4 is 33.9 Å². The fraction of sp³-hybridized carbons (Fsp3) is 0.571. The maximum absolute atomic E-state index is 12.1. The number of hydrogen-bond donors (Lipinski definition) is 1. The van der Waals surface area contributed by atoms with Gasteiger partial charge in [-0.05, 0) is 34.6 Å². The highest BCUT2D eigenvalue weighted by atomic mass is 32.1. The standard InChI is InChI=1S/C14H21N3O4S/c1-8(18)10(9-7-22-12(15)16-9)17-21-14(5,6)11(19)20-13(2,3)4/h7H,1-6H3,(H2,15,16)/b17-10-. The summed E-state index contributed by atoms with van der Waals surface area (Å²) in [4.78, 5) is 33.0. The minimum absolute atomic E-state index is 0.00424. The molecule has 0 radical (unpaired) electrons. The number of rotatable bonds is 5. The molecule has 0 aliphatic carbocycles. The molecule has 22 heavy (non-hydrogen) atoms. The largest absolute Gasteiger partial charge is 0.457 e. The number of carbonyl (C=O) groups excluding carboxylic acids is 2. The van der Waals surface area contributed by atoms with Gasteiger partial charge in [-0.1, -0.05) is 5.16 Å². The average Bonchev–Trinajstić information content (AvgIpc) is 2.73. The van der Waals surface area contributed by atoms with Crippen molar-refractivity contribution in [3.8, 4) is 0 Å². The lowest BCUT2D eigenvalue weighted by atomic mass is 10.1. The quantitative estimate of drug-likeness (QED) is 0.505. The van der Waals surface area contributed by atoms with Gasteiger partial charge in [-0.15, -0.1) is 11.3 Å². The van der Waals surface area contributed by atoms with Crippen molar-refractivity contribution in [2.24, 2.45) is 5.16 Å². The van der Waals surface area contributed by atoms with Gasteiger partial charge in [-0.25, -0.2) is 9.78 Å². The van der Waals surface area contributed by atoms with Gasteiger partial charge in [-0.2, -0.15) is 0 Å². The molecule has 0 saturated carbocycles. The van der Waals surface area contributed by atoms with Gasteiger partial charge in [0.15, 0.2) is 16.6 Å². The lowest BCUT2D eigenvalue weighted by molar-refractivity contribution is -0.179. The Labute approximate surface area is 133 Å². The van der Waals surface area contributed by atoms with E-state index < -0.39 is 17.2 Å². The predicted octanol–water partition coefficient (Wildman–Crippen LogP) is 2.16. The molecule has 122 valence electrons. The Morgan fingerprint density at radius 3 is 2.27 bits per heavy atom. The van der Waals surface area contributed by atoms with Crippen LogP contribution < -0.4 is 5.73 Å². The molecule has 1 aromatic rings. The molecule has 0 bridgehead atoms. The SMILES string of the molecule is CC(=O)/C(=N/OC(C)(C)C(=O)OC(C)(C)C)c1csc(N)n1. The Morgan fingerprint density at radius 1 is 1.27 bits per heavy atom. The first-order valence-electron chi connectivity index (χ1n) is 6.64. The zero-order valence-electron chi connectivity index (χ0n) is 13.6. The minimum atomic E-state index is -1.34. The maximum Gasteiger partial charge on any atom is 0.353 e. The highest BCUT2D eigenvalue weighted by Gasteiger charge is 2.35. The molecule has 0 amide bonds. The number of ketones is 1. The predicted molar refractivity (Wildman–Crippen MR) is 84.8 cm³/mol. The number of ether oxygens (including phenoxy) is 1. The topological polar surface area (TPSA) is 104 Å². The van der Waals surface area contributed by atoms with Crippen molar-refractivity contribution in [3.63, 3.8) is 0 Å². The first-order valence-corrected chi connectivity index (χ1v) is 7.52. The van der Waals surface area contributed by atoms with Crippen LogP contribution >= 0.6 is 11.3 Å². The van der Waals surface area contributed by atoms with Gasteiger partial charge in [-0.3, -0.25) is 4.79 Å². The second-order valence-electron chi connectivity index (χ2n) is 6.17. The van der Waals surface area contributed by atoms with E-state index in [4.69, 9.17) is 15.3 Å². The summed E-state index contributed by atoms with van der Waals surface area (Å²) in [7, 11) is 0. The molecule has 1 heterocycles. The fourth-order valence-electron chi connectivity index (χ4n) is 1.29. The van der Waals surface area contributed by atoms with Gasteiger partial charge >= 0.3 is 5.97 Å². The van der Waals surface area contributed by atoms with Crippen LogP contribution in [0.15, 0.2) is 10.5 Å². The summed E-state index contributed by atoms with van der Waals surface area (Å²) in [6, 6.07) is 0. The van der Waals surface area contributed by atoms with Crippen molar-refractivity contribution in [1.82, 2.24) is 4.98 Å². The Kier molecular flexibility index (Phi) is 5.29. The fourth-order valence-corrected chi connectivity index (χ4v) is 1.83. The number of aromatic nitrogens is 1. The Morgan fingerprint density at radius 2 is 1.86 bits per heavy atom. The summed E-state index contributed by atoms with van der Waals surface area (Å²) in [6.07, 6.45) is 0. The average molecular weight is 327 g/mol. The third kappa shape index (κ3) is 5.10. The number of esters is 1. The van der Waals surface area contributed by atoms with Crippen LogP contribution in [0.3, 0.4) is 0 Å². The van der Waals surface area contributed by atoms with Crippen LogP contribution in [0.25, 0.3) is 0 Å². The molecule has 1 aromatic heterocycles. The highest BCUT2D eigenvalue weighted by molar-refractivity contribution is 7.13. The summed E-state index contributed by atoms with van der Waals surface area (Å²) in [6.45, 7) is 9.61. The van der Waals surface area contributed by atoms with Gasteiger partial charge < -0.3 is 15.3 Å². The second-order valence-corrected chi connectivity index (χ2v) is 7.06. The van der Waals surface area contributed by atoms with Gasteiger partial charge in [0.2, 0.25) is 5.60 Å². The molecule has 2 N–H and O–H groups in total. The maximum atomic E-state index is 12.1. The van der Waals surface area contributed by atoms with Crippen LogP contribution in [0.1, 0.15) is 47.2 Å². The molecule has 0 atom stereocenters. The molecule has 0 aliphatic heterocycles. The van der Waals surface area contributed by atoms with Crippen LogP contribution in [0.4, 0.5) is 5.13 Å². The molecule has 0 spiro atoms. The summed E-state index contributed by atoms with van der Waals surface area (Å²) >= 11 is 1.18. The third-order valence-corrected chi connectivity index (χ3v) is 3.03. The molecule has 0 aromatic carbocycles. The van der Waals surface area contributed by atoms with E-state index in [0.717, 1.165) is 0 Å². The van der Waals surface area contributed by atoms with Gasteiger partial charge in [0.05, 0.1) is 0 Å². The molecule has 7 nitrogen and oxygen atoms in total. The number of oxime groups is 1. The van der Waals surface area contributed by atoms with Gasteiger partial charge in [0.25, 0.3) is 0 Å². The smallest absolute Gasteiger partial charge is 0.353 e. The van der Waals surface area contributed by atoms with E-state index in [-0.39, 0.29) is 11.5 Å². The number of hydrogen-bond acceptors (Lipinski definition) is 8. The van der Waals surface area contributed by atoms with Gasteiger partial charge in [0.1, 0.15) is 11.3 Å². The monoisotopic (exact) mass is 327 g/mol. The first-order chi connectivity index (χ1) is 9.92. The van der Waals surface area contributed by atoms with Crippen molar-refractivity contribution < 1.29 is 19.2 Å². The van der Waals surface area contributed by atoms with E-state index in [9.17, 15) is 9.59 Å². The zero-order chi connectivity index (χ0) is 17.1. The highest BCUT2D eigenvalue weighted by Crippen LogP contribution is 2.19. The molecular formula is C14H21N3O4S. The number of carbonyl (C=O) groups is 2. The summed E-state index contributed by atoms with van der Waals surface area (Å²) in [5.41, 5.74) is 3.88. The number of nitrogens with two attached hydrogens (primary N) is 1. The molecule has 0 saturated heterocycles. The Hall–Kier alpha value is -1.96. The number of nitrogens with zero attached hydrogens (tertiary/aromatic N) is 2. The molecule has 0 fully saturated rings. The van der Waals surface area contributed by atoms with Crippen molar-refractivity contribution in [2.45, 2.75) is 52.7 Å². The van der Waals surface area contributed by atoms with Crippen LogP contribution in [0, 0.1) is 0 Å². The number of Topliss-reactive ketones (excluding diaryl/α,β-unsaturated/α-hetero) is 1. The lowest BCUT2D eigenvalue weighted by Gasteiger charge is -2.26. The normalized spacial score (nSPS) is 12.9. The number of thiazole rings is 1. The van der Waals surface area contributed by atoms with E-state index in [1.807, 2.05) is 0 Å². The van der Waals surface area contributed by atoms with Crippen LogP contribution in [0.5, 0.6) is 0 Å². The Bertz CT molecular complexity index is 599. The number of anilines is 1. The lowest BCUT2D eigenvalue weighted by Crippen LogP contribution is -2.40. The first kappa shape index (κ1) is 18.1. The third-order valence-electron chi connectivity index (χ3n) is 2.35. The van der Waals surface area contributed by atoms with E-state index >= 15 is 0 Å². The summed E-state index contributed by atoms with van der Waals surface area (Å²) < 4.78 is 5.25. The molecule has 1 rings (SSSR count). The number of nitrogen functional groups attached to an aromatic ring is 1. The van der Waals surface area contributed by atoms with Crippen LogP contribution in [0.2, 0.25) is 0 Å². The molecule has 0 unspecified atom stereocenters. The Balaban J connectivity index is 2.94. The zero-order valence-corrected chi connectivity index (χ0v) is 14.4.